The Kier molecular flexibility index (Phi) is 8.41. The predicted octanol–water partition coefficient (Wildman–Crippen LogP) is 6.65. The van der Waals surface area contributed by atoms with Gasteiger partial charge in [0.2, 0.25) is 5.71 Å². The van der Waals surface area contributed by atoms with Crippen LogP contribution in [0.15, 0.2) is 78.9 Å². The summed E-state index contributed by atoms with van der Waals surface area (Å²) < 4.78 is 2.22. The first-order valence-corrected chi connectivity index (χ1v) is 13.7. The van der Waals surface area contributed by atoms with E-state index in [4.69, 9.17) is 0 Å². The molecule has 0 N–H and O–H groups in total. The SMILES string of the molecule is CCN(C)c1ccc(/C(=C2\C=CC(=[N+](C)C)c3c2cccc3N(C)C)c2ccc(N(CC)CC)cc2)cc1. The molecule has 0 aliphatic heterocycles. The van der Waals surface area contributed by atoms with Crippen LogP contribution in [0.4, 0.5) is 17.1 Å². The topological polar surface area (TPSA) is 12.7 Å². The number of rotatable bonds is 8. The number of hydrogen-bond donors (Lipinski definition) is 0. The number of allylic oxidation sites excluding steroid dienone is 3. The quantitative estimate of drug-likeness (QED) is 0.317. The summed E-state index contributed by atoms with van der Waals surface area (Å²) in [4.78, 5) is 6.88. The Balaban J connectivity index is 2.00. The third kappa shape index (κ3) is 5.26. The van der Waals surface area contributed by atoms with Crippen molar-refractivity contribution >= 4 is 33.9 Å². The van der Waals surface area contributed by atoms with Gasteiger partial charge in [0.25, 0.3) is 0 Å². The minimum absolute atomic E-state index is 0.979. The lowest BCUT2D eigenvalue weighted by Gasteiger charge is -2.25. The van der Waals surface area contributed by atoms with Crippen LogP contribution < -0.4 is 14.7 Å². The molecule has 0 radical (unpaired) electrons. The van der Waals surface area contributed by atoms with Crippen LogP contribution in [0.2, 0.25) is 0 Å². The molecule has 1 aliphatic carbocycles. The Morgan fingerprint density at radius 3 is 1.76 bits per heavy atom. The average molecular weight is 508 g/mol. The second kappa shape index (κ2) is 11.7. The molecule has 0 saturated heterocycles. The second-order valence-corrected chi connectivity index (χ2v) is 10.3. The molecule has 0 bridgehead atoms. The summed E-state index contributed by atoms with van der Waals surface area (Å²) >= 11 is 0. The van der Waals surface area contributed by atoms with Gasteiger partial charge < -0.3 is 14.7 Å². The Hall–Kier alpha value is -3.79. The molecule has 0 aromatic heterocycles. The van der Waals surface area contributed by atoms with Gasteiger partial charge in [-0.3, -0.25) is 0 Å². The van der Waals surface area contributed by atoms with Gasteiger partial charge in [-0.15, -0.1) is 0 Å². The highest BCUT2D eigenvalue weighted by Crippen LogP contribution is 2.40. The van der Waals surface area contributed by atoms with Gasteiger partial charge in [-0.1, -0.05) is 36.4 Å². The summed E-state index contributed by atoms with van der Waals surface area (Å²) in [6.45, 7) is 9.59. The van der Waals surface area contributed by atoms with Gasteiger partial charge in [0, 0.05) is 58.2 Å². The van der Waals surface area contributed by atoms with Crippen molar-refractivity contribution in [2.45, 2.75) is 20.8 Å². The van der Waals surface area contributed by atoms with E-state index in [1.807, 2.05) is 0 Å². The largest absolute Gasteiger partial charge is 0.377 e. The fourth-order valence-corrected chi connectivity index (χ4v) is 5.30. The molecule has 4 heteroatoms. The maximum absolute atomic E-state index is 2.39. The molecule has 0 amide bonds. The summed E-state index contributed by atoms with van der Waals surface area (Å²) in [5.74, 6) is 0. The van der Waals surface area contributed by atoms with Gasteiger partial charge in [0.15, 0.2) is 0 Å². The Bertz CT molecular complexity index is 1350. The van der Waals surface area contributed by atoms with Crippen molar-refractivity contribution in [1.82, 2.24) is 0 Å². The molecule has 198 valence electrons. The first kappa shape index (κ1) is 27.3. The van der Waals surface area contributed by atoms with Crippen LogP contribution in [0.5, 0.6) is 0 Å². The Labute approximate surface area is 229 Å². The summed E-state index contributed by atoms with van der Waals surface area (Å²) in [7, 11) is 10.6. The molecule has 0 unspecified atom stereocenters. The normalized spacial score (nSPS) is 13.7. The van der Waals surface area contributed by atoms with Crippen LogP contribution in [-0.4, -0.2) is 65.2 Å². The van der Waals surface area contributed by atoms with Crippen molar-refractivity contribution in [1.29, 1.82) is 0 Å². The number of anilines is 3. The minimum Gasteiger partial charge on any atom is -0.377 e. The van der Waals surface area contributed by atoms with Gasteiger partial charge in [-0.25, -0.2) is 4.58 Å². The average Bonchev–Trinajstić information content (AvgIpc) is 2.94. The monoisotopic (exact) mass is 507 g/mol. The molecular formula is C34H43N4+. The highest BCUT2D eigenvalue weighted by Gasteiger charge is 2.27. The van der Waals surface area contributed by atoms with Crippen molar-refractivity contribution in [3.63, 3.8) is 0 Å². The van der Waals surface area contributed by atoms with E-state index < -0.39 is 0 Å². The summed E-state index contributed by atoms with van der Waals surface area (Å²) in [6.07, 6.45) is 4.57. The number of hydrogen-bond acceptors (Lipinski definition) is 3. The molecule has 0 fully saturated rings. The molecule has 1 aliphatic rings. The van der Waals surface area contributed by atoms with Gasteiger partial charge >= 0.3 is 0 Å². The van der Waals surface area contributed by atoms with Crippen LogP contribution >= 0.6 is 0 Å². The third-order valence-electron chi connectivity index (χ3n) is 7.59. The van der Waals surface area contributed by atoms with Crippen LogP contribution in [0.1, 0.15) is 43.0 Å². The van der Waals surface area contributed by atoms with E-state index in [2.05, 4.69) is 154 Å². The van der Waals surface area contributed by atoms with Crippen LogP contribution in [-0.2, 0) is 0 Å². The zero-order chi connectivity index (χ0) is 27.4. The lowest BCUT2D eigenvalue weighted by Crippen LogP contribution is -2.22. The Morgan fingerprint density at radius 1 is 0.684 bits per heavy atom. The minimum atomic E-state index is 0.979. The summed E-state index contributed by atoms with van der Waals surface area (Å²) in [6, 6.07) is 24.8. The first-order valence-electron chi connectivity index (χ1n) is 13.7. The van der Waals surface area contributed by atoms with Crippen LogP contribution in [0.25, 0.3) is 11.1 Å². The molecule has 4 rings (SSSR count). The smallest absolute Gasteiger partial charge is 0.209 e. The van der Waals surface area contributed by atoms with E-state index >= 15 is 0 Å². The van der Waals surface area contributed by atoms with Crippen molar-refractivity contribution < 1.29 is 4.58 Å². The van der Waals surface area contributed by atoms with Crippen molar-refractivity contribution in [3.05, 3.63) is 101 Å². The van der Waals surface area contributed by atoms with Gasteiger partial charge in [0.05, 0.1) is 11.3 Å². The third-order valence-corrected chi connectivity index (χ3v) is 7.59. The molecule has 38 heavy (non-hydrogen) atoms. The van der Waals surface area contributed by atoms with Crippen LogP contribution in [0.3, 0.4) is 0 Å². The van der Waals surface area contributed by atoms with Gasteiger partial charge in [0.1, 0.15) is 14.1 Å². The molecule has 3 aromatic carbocycles. The molecule has 3 aromatic rings. The zero-order valence-electron chi connectivity index (χ0n) is 24.4. The summed E-state index contributed by atoms with van der Waals surface area (Å²) in [5.41, 5.74) is 12.5. The molecular weight excluding hydrogens is 464 g/mol. The fourth-order valence-electron chi connectivity index (χ4n) is 5.30. The van der Waals surface area contributed by atoms with E-state index in [-0.39, 0.29) is 0 Å². The predicted molar refractivity (Wildman–Crippen MR) is 167 cm³/mol. The molecule has 0 heterocycles. The van der Waals surface area contributed by atoms with E-state index in [1.165, 1.54) is 56.2 Å². The zero-order valence-corrected chi connectivity index (χ0v) is 24.4. The van der Waals surface area contributed by atoms with Crippen molar-refractivity contribution in [2.24, 2.45) is 0 Å². The molecule has 0 atom stereocenters. The van der Waals surface area contributed by atoms with E-state index in [0.29, 0.717) is 0 Å². The highest BCUT2D eigenvalue weighted by atomic mass is 15.1. The lowest BCUT2D eigenvalue weighted by molar-refractivity contribution is -0.463. The Morgan fingerprint density at radius 2 is 1.26 bits per heavy atom. The van der Waals surface area contributed by atoms with Crippen molar-refractivity contribution in [2.75, 3.05) is 69.6 Å². The number of nitrogens with zero attached hydrogens (tertiary/aromatic N) is 4. The molecule has 4 nitrogen and oxygen atoms in total. The number of fused-ring (bicyclic) bond motifs is 1. The fraction of sp³-hybridized carbons (Fsp3) is 0.324. The van der Waals surface area contributed by atoms with Gasteiger partial charge in [-0.2, -0.15) is 0 Å². The second-order valence-electron chi connectivity index (χ2n) is 10.3. The maximum atomic E-state index is 2.39. The van der Waals surface area contributed by atoms with Gasteiger partial charge in [-0.05, 0) is 85.0 Å². The number of benzene rings is 3. The standard InChI is InChI=1S/C34H43N4/c1-9-37(8)27-19-15-25(16-20-27)33(26-17-21-28(22-18-26)38(10-2)11-3)30-23-24-32(36(6)7)34-29(30)13-12-14-31(34)35(4)5/h12-24H,9-11H2,1-8H3/q+1. The van der Waals surface area contributed by atoms with E-state index in [9.17, 15) is 0 Å². The molecule has 0 saturated carbocycles. The van der Waals surface area contributed by atoms with E-state index in [0.717, 1.165) is 19.6 Å². The maximum Gasteiger partial charge on any atom is 0.209 e. The first-order chi connectivity index (χ1) is 18.3. The summed E-state index contributed by atoms with van der Waals surface area (Å²) in [5, 5.41) is 0. The highest BCUT2D eigenvalue weighted by molar-refractivity contribution is 6.19. The van der Waals surface area contributed by atoms with Crippen LogP contribution in [0, 0.1) is 0 Å². The molecule has 0 spiro atoms. The van der Waals surface area contributed by atoms with Crippen molar-refractivity contribution in [3.8, 4) is 0 Å². The lowest BCUT2D eigenvalue weighted by atomic mass is 9.82. The van der Waals surface area contributed by atoms with E-state index in [1.54, 1.807) is 0 Å².